The number of nitrogens with zero attached hydrogens (tertiary/aromatic N) is 3. The number of halogens is 1. The molecule has 11 heteroatoms. The van der Waals surface area contributed by atoms with E-state index in [9.17, 15) is 17.6 Å². The molecule has 0 fully saturated rings. The van der Waals surface area contributed by atoms with Crippen LogP contribution in [-0.4, -0.2) is 57.3 Å². The van der Waals surface area contributed by atoms with E-state index in [1.54, 1.807) is 20.8 Å². The minimum absolute atomic E-state index is 0.00882. The standard InChI is InChI=1S/C25H30FN3O6S/c1-16(2)14-29(27-13-17-7-9-20(26)21(11-17)33-6)24-19-12-18(8-10-22(19)36(31,32)28-24)34-15-23(30)35-25(3,4)5/h7-13,16H,14-15H2,1-6H3/b27-13+. The maximum atomic E-state index is 13.8. The number of fused-ring (bicyclic) bond motifs is 1. The summed E-state index contributed by atoms with van der Waals surface area (Å²) in [7, 11) is -2.59. The summed E-state index contributed by atoms with van der Waals surface area (Å²) in [6.07, 6.45) is 1.47. The minimum Gasteiger partial charge on any atom is -0.494 e. The van der Waals surface area contributed by atoms with Gasteiger partial charge in [-0.3, -0.25) is 0 Å². The molecule has 1 heterocycles. The van der Waals surface area contributed by atoms with Crippen LogP contribution in [0.2, 0.25) is 0 Å². The predicted octanol–water partition coefficient (Wildman–Crippen LogP) is 4.00. The molecule has 0 saturated heterocycles. The van der Waals surface area contributed by atoms with Crippen molar-refractivity contribution in [2.45, 2.75) is 45.1 Å². The zero-order valence-corrected chi connectivity index (χ0v) is 21.9. The second-order valence-corrected chi connectivity index (χ2v) is 11.1. The summed E-state index contributed by atoms with van der Waals surface area (Å²) in [4.78, 5) is 12.0. The Morgan fingerprint density at radius 3 is 2.56 bits per heavy atom. The largest absolute Gasteiger partial charge is 0.494 e. The van der Waals surface area contributed by atoms with Crippen molar-refractivity contribution in [1.82, 2.24) is 5.01 Å². The monoisotopic (exact) mass is 519 g/mol. The van der Waals surface area contributed by atoms with Gasteiger partial charge in [0, 0.05) is 12.1 Å². The minimum atomic E-state index is -3.95. The first-order chi connectivity index (χ1) is 16.8. The summed E-state index contributed by atoms with van der Waals surface area (Å²) < 4.78 is 59.0. The number of ether oxygens (including phenoxy) is 3. The smallest absolute Gasteiger partial charge is 0.344 e. The molecule has 0 spiro atoms. The number of rotatable bonds is 8. The van der Waals surface area contributed by atoms with Crippen molar-refractivity contribution in [2.24, 2.45) is 15.4 Å². The van der Waals surface area contributed by atoms with Crippen molar-refractivity contribution in [3.63, 3.8) is 0 Å². The third-order valence-electron chi connectivity index (χ3n) is 4.76. The first-order valence-corrected chi connectivity index (χ1v) is 12.7. The number of esters is 1. The molecule has 36 heavy (non-hydrogen) atoms. The molecule has 0 saturated carbocycles. The molecule has 0 atom stereocenters. The zero-order valence-electron chi connectivity index (χ0n) is 21.1. The number of amidine groups is 1. The van der Waals surface area contributed by atoms with Crippen LogP contribution in [0.4, 0.5) is 4.39 Å². The Bertz CT molecular complexity index is 1300. The highest BCUT2D eigenvalue weighted by Gasteiger charge is 2.33. The van der Waals surface area contributed by atoms with E-state index >= 15 is 0 Å². The summed E-state index contributed by atoms with van der Waals surface area (Å²) in [5.74, 6) is -0.496. The Morgan fingerprint density at radius 1 is 1.19 bits per heavy atom. The molecular weight excluding hydrogens is 489 g/mol. The van der Waals surface area contributed by atoms with Crippen LogP contribution in [-0.2, 0) is 19.6 Å². The van der Waals surface area contributed by atoms with Gasteiger partial charge < -0.3 is 14.2 Å². The fourth-order valence-corrected chi connectivity index (χ4v) is 4.52. The molecule has 0 aliphatic carbocycles. The number of methoxy groups -OCH3 is 1. The van der Waals surface area contributed by atoms with Crippen molar-refractivity contribution < 1.29 is 31.8 Å². The molecule has 0 radical (unpaired) electrons. The number of hydrazone groups is 1. The van der Waals surface area contributed by atoms with E-state index in [-0.39, 0.29) is 34.8 Å². The third-order valence-corrected chi connectivity index (χ3v) is 6.08. The lowest BCUT2D eigenvalue weighted by Gasteiger charge is -2.21. The summed E-state index contributed by atoms with van der Waals surface area (Å²) >= 11 is 0. The van der Waals surface area contributed by atoms with Crippen molar-refractivity contribution in [2.75, 3.05) is 20.3 Å². The molecule has 2 aromatic carbocycles. The van der Waals surface area contributed by atoms with Crippen LogP contribution < -0.4 is 9.47 Å². The molecule has 194 valence electrons. The molecule has 0 aromatic heterocycles. The van der Waals surface area contributed by atoms with Gasteiger partial charge in [0.05, 0.1) is 13.3 Å². The second kappa shape index (κ2) is 10.7. The van der Waals surface area contributed by atoms with Crippen molar-refractivity contribution in [3.8, 4) is 11.5 Å². The van der Waals surface area contributed by atoms with E-state index in [1.807, 2.05) is 13.8 Å². The van der Waals surface area contributed by atoms with Crippen LogP contribution >= 0.6 is 0 Å². The lowest BCUT2D eigenvalue weighted by atomic mass is 10.1. The van der Waals surface area contributed by atoms with Gasteiger partial charge in [-0.25, -0.2) is 14.2 Å². The number of carbonyl (C=O) groups excluding carboxylic acids is 1. The fourth-order valence-electron chi connectivity index (χ4n) is 3.34. The van der Waals surface area contributed by atoms with Crippen LogP contribution in [0.15, 0.2) is 50.8 Å². The highest BCUT2D eigenvalue weighted by Crippen LogP contribution is 2.31. The van der Waals surface area contributed by atoms with Crippen LogP contribution in [0.5, 0.6) is 11.5 Å². The molecule has 2 aromatic rings. The Balaban J connectivity index is 1.91. The summed E-state index contributed by atoms with van der Waals surface area (Å²) in [6.45, 7) is 9.17. The number of benzene rings is 2. The Morgan fingerprint density at radius 2 is 1.92 bits per heavy atom. The molecule has 1 aliphatic rings. The Kier molecular flexibility index (Phi) is 8.02. The quantitative estimate of drug-likeness (QED) is 0.295. The van der Waals surface area contributed by atoms with Crippen LogP contribution in [0.1, 0.15) is 45.7 Å². The average molecular weight is 520 g/mol. The maximum Gasteiger partial charge on any atom is 0.344 e. The summed E-state index contributed by atoms with van der Waals surface area (Å²) in [5.41, 5.74) is 0.195. The molecule has 1 aliphatic heterocycles. The topological polar surface area (TPSA) is 107 Å². The second-order valence-electron chi connectivity index (χ2n) is 9.54. The SMILES string of the molecule is COc1cc(/C=N/N(CC(C)C)C2=NS(=O)(=O)c3ccc(OCC(=O)OC(C)(C)C)cc32)ccc1F. The first-order valence-electron chi connectivity index (χ1n) is 11.3. The van der Waals surface area contributed by atoms with E-state index in [2.05, 4.69) is 9.50 Å². The number of carbonyl (C=O) groups is 1. The van der Waals surface area contributed by atoms with Crippen LogP contribution in [0.3, 0.4) is 0 Å². The third kappa shape index (κ3) is 6.81. The number of sulfonamides is 1. The Hall–Kier alpha value is -3.47. The van der Waals surface area contributed by atoms with Gasteiger partial charge in [-0.15, -0.1) is 4.40 Å². The predicted molar refractivity (Wildman–Crippen MR) is 134 cm³/mol. The molecule has 0 unspecified atom stereocenters. The van der Waals surface area contributed by atoms with E-state index in [1.165, 1.54) is 54.7 Å². The lowest BCUT2D eigenvalue weighted by Crippen LogP contribution is -2.30. The number of hydrogen-bond donors (Lipinski definition) is 0. The van der Waals surface area contributed by atoms with Gasteiger partial charge in [0.1, 0.15) is 16.2 Å². The molecule has 9 nitrogen and oxygen atoms in total. The van der Waals surface area contributed by atoms with Gasteiger partial charge in [-0.1, -0.05) is 19.9 Å². The first kappa shape index (κ1) is 27.1. The van der Waals surface area contributed by atoms with E-state index in [0.29, 0.717) is 17.7 Å². The average Bonchev–Trinajstić information content (AvgIpc) is 3.05. The molecular formula is C25H30FN3O6S. The van der Waals surface area contributed by atoms with Crippen molar-refractivity contribution in [3.05, 3.63) is 53.3 Å². The lowest BCUT2D eigenvalue weighted by molar-refractivity contribution is -0.157. The zero-order chi connectivity index (χ0) is 26.7. The van der Waals surface area contributed by atoms with Crippen molar-refractivity contribution in [1.29, 1.82) is 0 Å². The van der Waals surface area contributed by atoms with Crippen LogP contribution in [0.25, 0.3) is 0 Å². The van der Waals surface area contributed by atoms with E-state index in [0.717, 1.165) is 0 Å². The molecule has 0 amide bonds. The van der Waals surface area contributed by atoms with Crippen LogP contribution in [0, 0.1) is 11.7 Å². The summed E-state index contributed by atoms with van der Waals surface area (Å²) in [6, 6.07) is 8.61. The van der Waals surface area contributed by atoms with Gasteiger partial charge in [0.25, 0.3) is 10.0 Å². The summed E-state index contributed by atoms with van der Waals surface area (Å²) in [5, 5.41) is 5.92. The van der Waals surface area contributed by atoms with Gasteiger partial charge in [-0.2, -0.15) is 13.5 Å². The van der Waals surface area contributed by atoms with E-state index in [4.69, 9.17) is 14.2 Å². The molecule has 0 N–H and O–H groups in total. The maximum absolute atomic E-state index is 13.8. The van der Waals surface area contributed by atoms with Gasteiger partial charge >= 0.3 is 5.97 Å². The van der Waals surface area contributed by atoms with Crippen molar-refractivity contribution >= 4 is 28.0 Å². The van der Waals surface area contributed by atoms with Gasteiger partial charge in [0.2, 0.25) is 0 Å². The highest BCUT2D eigenvalue weighted by atomic mass is 32.2. The molecule has 0 bridgehead atoms. The molecule has 3 rings (SSSR count). The number of hydrogen-bond acceptors (Lipinski definition) is 8. The van der Waals surface area contributed by atoms with Gasteiger partial charge in [0.15, 0.2) is 24.0 Å². The highest BCUT2D eigenvalue weighted by molar-refractivity contribution is 7.90. The normalized spacial score (nSPS) is 14.5. The Labute approximate surface area is 210 Å². The van der Waals surface area contributed by atoms with E-state index < -0.39 is 27.4 Å². The fraction of sp³-hybridized carbons (Fsp3) is 0.400. The van der Waals surface area contributed by atoms with Gasteiger partial charge in [-0.05, 0) is 62.6 Å².